The smallest absolute Gasteiger partial charge is 0.268 e. The van der Waals surface area contributed by atoms with E-state index in [1.54, 1.807) is 6.07 Å². The normalized spacial score (nSPS) is 14.2. The topological polar surface area (TPSA) is 74.0 Å². The molecule has 1 aliphatic carbocycles. The van der Waals surface area contributed by atoms with E-state index < -0.39 is 0 Å². The molecule has 1 aromatic carbocycles. The van der Waals surface area contributed by atoms with Crippen molar-refractivity contribution in [3.63, 3.8) is 0 Å². The van der Waals surface area contributed by atoms with Gasteiger partial charge in [0.25, 0.3) is 5.91 Å². The molecule has 3 rings (SSSR count). The number of H-pyrrole nitrogens is 1. The Balaban J connectivity index is 1.64. The van der Waals surface area contributed by atoms with Crippen LogP contribution in [0, 0.1) is 6.92 Å². The third-order valence-corrected chi connectivity index (χ3v) is 3.37. The molecular weight excluding hydrogens is 254 g/mol. The lowest BCUT2D eigenvalue weighted by molar-refractivity contribution is -0.120. The summed E-state index contributed by atoms with van der Waals surface area (Å²) in [6.07, 6.45) is 2.09. The average Bonchev–Trinajstić information content (AvgIpc) is 3.12. The Labute approximate surface area is 116 Å². The van der Waals surface area contributed by atoms with Crippen molar-refractivity contribution in [2.75, 3.05) is 6.54 Å². The fraction of sp³-hybridized carbons (Fsp3) is 0.333. The van der Waals surface area contributed by atoms with Crippen molar-refractivity contribution in [3.05, 3.63) is 35.5 Å². The number of carbonyl (C=O) groups is 2. The first kappa shape index (κ1) is 12.7. The Bertz CT molecular complexity index is 671. The Morgan fingerprint density at radius 3 is 2.85 bits per heavy atom. The molecule has 104 valence electrons. The van der Waals surface area contributed by atoms with Crippen molar-refractivity contribution in [2.24, 2.45) is 0 Å². The van der Waals surface area contributed by atoms with Gasteiger partial charge in [-0.2, -0.15) is 0 Å². The second kappa shape index (κ2) is 5.00. The van der Waals surface area contributed by atoms with Gasteiger partial charge in [-0.05, 0) is 38.0 Å². The zero-order valence-electron chi connectivity index (χ0n) is 11.3. The van der Waals surface area contributed by atoms with E-state index in [1.165, 1.54) is 0 Å². The lowest BCUT2D eigenvalue weighted by Gasteiger charge is -2.04. The third-order valence-electron chi connectivity index (χ3n) is 3.37. The molecule has 0 bridgehead atoms. The number of hydrogen-bond acceptors (Lipinski definition) is 2. The van der Waals surface area contributed by atoms with Crippen molar-refractivity contribution in [1.82, 2.24) is 15.6 Å². The van der Waals surface area contributed by atoms with Crippen molar-refractivity contribution in [2.45, 2.75) is 25.8 Å². The largest absolute Gasteiger partial charge is 0.352 e. The molecule has 1 aromatic heterocycles. The van der Waals surface area contributed by atoms with Gasteiger partial charge >= 0.3 is 0 Å². The number of aromatic amines is 1. The molecule has 1 aliphatic rings. The van der Waals surface area contributed by atoms with Gasteiger partial charge in [-0.1, -0.05) is 11.6 Å². The van der Waals surface area contributed by atoms with E-state index in [9.17, 15) is 9.59 Å². The van der Waals surface area contributed by atoms with Crippen LogP contribution in [-0.4, -0.2) is 29.4 Å². The van der Waals surface area contributed by atoms with Gasteiger partial charge in [0.05, 0.1) is 6.54 Å². The minimum atomic E-state index is -0.259. The van der Waals surface area contributed by atoms with Gasteiger partial charge in [-0.25, -0.2) is 0 Å². The number of aryl methyl sites for hydroxylation is 1. The van der Waals surface area contributed by atoms with Crippen LogP contribution in [0.4, 0.5) is 0 Å². The van der Waals surface area contributed by atoms with Crippen LogP contribution in [0.15, 0.2) is 24.3 Å². The molecule has 0 unspecified atom stereocenters. The molecule has 1 saturated carbocycles. The number of hydrogen-bond donors (Lipinski definition) is 3. The summed E-state index contributed by atoms with van der Waals surface area (Å²) in [5.74, 6) is -0.391. The highest BCUT2D eigenvalue weighted by molar-refractivity contribution is 5.99. The highest BCUT2D eigenvalue weighted by atomic mass is 16.2. The number of nitrogens with one attached hydrogen (secondary N) is 3. The maximum atomic E-state index is 12.0. The zero-order chi connectivity index (χ0) is 14.1. The third kappa shape index (κ3) is 2.82. The summed E-state index contributed by atoms with van der Waals surface area (Å²) >= 11 is 0. The summed E-state index contributed by atoms with van der Waals surface area (Å²) in [5.41, 5.74) is 2.54. The van der Waals surface area contributed by atoms with Crippen LogP contribution in [0.1, 0.15) is 28.9 Å². The number of amides is 2. The number of rotatable bonds is 4. The molecule has 5 heteroatoms. The highest BCUT2D eigenvalue weighted by Crippen LogP contribution is 2.18. The average molecular weight is 271 g/mol. The van der Waals surface area contributed by atoms with Crippen LogP contribution in [0.25, 0.3) is 10.9 Å². The van der Waals surface area contributed by atoms with E-state index in [2.05, 4.69) is 15.6 Å². The monoisotopic (exact) mass is 271 g/mol. The first-order valence-corrected chi connectivity index (χ1v) is 6.79. The first-order chi connectivity index (χ1) is 9.61. The van der Waals surface area contributed by atoms with Crippen LogP contribution in [0.3, 0.4) is 0 Å². The van der Waals surface area contributed by atoms with E-state index in [-0.39, 0.29) is 18.4 Å². The second-order valence-electron chi connectivity index (χ2n) is 5.30. The van der Waals surface area contributed by atoms with Crippen LogP contribution in [-0.2, 0) is 4.79 Å². The van der Waals surface area contributed by atoms with Gasteiger partial charge in [-0.3, -0.25) is 9.59 Å². The Kier molecular flexibility index (Phi) is 3.18. The molecule has 2 amide bonds. The van der Waals surface area contributed by atoms with Gasteiger partial charge in [0.2, 0.25) is 5.91 Å². The molecule has 1 heterocycles. The van der Waals surface area contributed by atoms with E-state index in [1.807, 2.05) is 25.1 Å². The minimum absolute atomic E-state index is 0.0176. The Hall–Kier alpha value is -2.30. The fourth-order valence-corrected chi connectivity index (χ4v) is 2.14. The summed E-state index contributed by atoms with van der Waals surface area (Å²) < 4.78 is 0. The molecular formula is C15H17N3O2. The highest BCUT2D eigenvalue weighted by Gasteiger charge is 2.23. The van der Waals surface area contributed by atoms with Crippen LogP contribution < -0.4 is 10.6 Å². The summed E-state index contributed by atoms with van der Waals surface area (Å²) in [4.78, 5) is 26.5. The summed E-state index contributed by atoms with van der Waals surface area (Å²) in [5, 5.41) is 6.45. The Morgan fingerprint density at radius 2 is 2.10 bits per heavy atom. The number of benzene rings is 1. The molecule has 5 nitrogen and oxygen atoms in total. The summed E-state index contributed by atoms with van der Waals surface area (Å²) in [6, 6.07) is 8.07. The van der Waals surface area contributed by atoms with E-state index in [0.717, 1.165) is 29.3 Å². The van der Waals surface area contributed by atoms with Crippen molar-refractivity contribution < 1.29 is 9.59 Å². The number of carbonyl (C=O) groups excluding carboxylic acids is 2. The zero-order valence-corrected chi connectivity index (χ0v) is 11.3. The van der Waals surface area contributed by atoms with Crippen molar-refractivity contribution in [3.8, 4) is 0 Å². The predicted octanol–water partition coefficient (Wildman–Crippen LogP) is 1.48. The molecule has 0 radical (unpaired) electrons. The SMILES string of the molecule is Cc1ccc2[nH]c(C(=O)NCC(=O)NC3CC3)cc2c1. The number of aromatic nitrogens is 1. The fourth-order valence-electron chi connectivity index (χ4n) is 2.14. The lowest BCUT2D eigenvalue weighted by Crippen LogP contribution is -2.37. The van der Waals surface area contributed by atoms with Gasteiger partial charge in [0.15, 0.2) is 0 Å². The molecule has 0 spiro atoms. The molecule has 20 heavy (non-hydrogen) atoms. The molecule has 1 fully saturated rings. The standard InChI is InChI=1S/C15H17N3O2/c1-9-2-5-12-10(6-9)7-13(18-12)15(20)16-8-14(19)17-11-3-4-11/h2,5-7,11,18H,3-4,8H2,1H3,(H,16,20)(H,17,19). The quantitative estimate of drug-likeness (QED) is 0.788. The van der Waals surface area contributed by atoms with Gasteiger partial charge < -0.3 is 15.6 Å². The van der Waals surface area contributed by atoms with E-state index >= 15 is 0 Å². The first-order valence-electron chi connectivity index (χ1n) is 6.79. The van der Waals surface area contributed by atoms with Gasteiger partial charge in [0.1, 0.15) is 5.69 Å². The van der Waals surface area contributed by atoms with E-state index in [0.29, 0.717) is 11.7 Å². The molecule has 3 N–H and O–H groups in total. The molecule has 0 atom stereocenters. The predicted molar refractivity (Wildman–Crippen MR) is 76.5 cm³/mol. The lowest BCUT2D eigenvalue weighted by atomic mass is 10.2. The maximum absolute atomic E-state index is 12.0. The molecule has 0 aliphatic heterocycles. The van der Waals surface area contributed by atoms with Gasteiger partial charge in [0, 0.05) is 16.9 Å². The maximum Gasteiger partial charge on any atom is 0.268 e. The summed E-state index contributed by atoms with van der Waals surface area (Å²) in [6.45, 7) is 2.03. The molecule has 0 saturated heterocycles. The van der Waals surface area contributed by atoms with Crippen LogP contribution in [0.5, 0.6) is 0 Å². The van der Waals surface area contributed by atoms with Gasteiger partial charge in [-0.15, -0.1) is 0 Å². The Morgan fingerprint density at radius 1 is 1.30 bits per heavy atom. The molecule has 2 aromatic rings. The number of fused-ring (bicyclic) bond motifs is 1. The van der Waals surface area contributed by atoms with Crippen LogP contribution >= 0.6 is 0 Å². The van der Waals surface area contributed by atoms with Crippen molar-refractivity contribution in [1.29, 1.82) is 0 Å². The summed E-state index contributed by atoms with van der Waals surface area (Å²) in [7, 11) is 0. The minimum Gasteiger partial charge on any atom is -0.352 e. The van der Waals surface area contributed by atoms with Crippen LogP contribution in [0.2, 0.25) is 0 Å². The second-order valence-corrected chi connectivity index (χ2v) is 5.30. The van der Waals surface area contributed by atoms with E-state index in [4.69, 9.17) is 0 Å². The van der Waals surface area contributed by atoms with Crippen molar-refractivity contribution >= 4 is 22.7 Å².